The van der Waals surface area contributed by atoms with E-state index < -0.39 is 6.10 Å². The molecule has 0 spiro atoms. The topological polar surface area (TPSA) is 60.0 Å². The molecular formula is C13H20ClNO4. The van der Waals surface area contributed by atoms with Crippen LogP contribution in [-0.2, 0) is 4.74 Å². The number of aliphatic hydroxyl groups excluding tert-OH is 1. The minimum atomic E-state index is -0.718. The molecule has 0 aliphatic rings. The van der Waals surface area contributed by atoms with E-state index in [2.05, 4.69) is 5.32 Å². The first kappa shape index (κ1) is 16.0. The van der Waals surface area contributed by atoms with Crippen LogP contribution in [0.3, 0.4) is 0 Å². The second-order valence-corrected chi connectivity index (χ2v) is 4.29. The van der Waals surface area contributed by atoms with Gasteiger partial charge in [0.25, 0.3) is 0 Å². The smallest absolute Gasteiger partial charge is 0.179 e. The summed E-state index contributed by atoms with van der Waals surface area (Å²) in [7, 11) is 4.68. The maximum atomic E-state index is 10.1. The van der Waals surface area contributed by atoms with Crippen molar-refractivity contribution in [1.29, 1.82) is 0 Å². The van der Waals surface area contributed by atoms with Crippen LogP contribution in [-0.4, -0.2) is 46.1 Å². The molecule has 0 amide bonds. The van der Waals surface area contributed by atoms with Crippen molar-refractivity contribution in [3.63, 3.8) is 0 Å². The molecule has 1 aromatic carbocycles. The van der Waals surface area contributed by atoms with E-state index in [1.165, 1.54) is 14.2 Å². The van der Waals surface area contributed by atoms with Crippen molar-refractivity contribution in [3.8, 4) is 11.5 Å². The van der Waals surface area contributed by atoms with Gasteiger partial charge in [0.15, 0.2) is 11.5 Å². The minimum Gasteiger partial charge on any atom is -0.493 e. The molecule has 0 heterocycles. The van der Waals surface area contributed by atoms with Crippen LogP contribution in [0.15, 0.2) is 12.1 Å². The van der Waals surface area contributed by atoms with Gasteiger partial charge in [-0.2, -0.15) is 0 Å². The van der Waals surface area contributed by atoms with Crippen molar-refractivity contribution >= 4 is 11.6 Å². The standard InChI is InChI=1S/C13H20ClNO4/c1-17-7-6-15-8-10(16)9-4-5-11(18-2)13(19-3)12(9)14/h4-5,10,15-16H,6-8H2,1-3H3. The van der Waals surface area contributed by atoms with Gasteiger partial charge in [-0.3, -0.25) is 0 Å². The highest BCUT2D eigenvalue weighted by Crippen LogP contribution is 2.39. The lowest BCUT2D eigenvalue weighted by atomic mass is 10.1. The van der Waals surface area contributed by atoms with Gasteiger partial charge in [0.2, 0.25) is 0 Å². The number of rotatable bonds is 8. The van der Waals surface area contributed by atoms with E-state index in [0.717, 1.165) is 0 Å². The van der Waals surface area contributed by atoms with Crippen LogP contribution in [0.4, 0.5) is 0 Å². The Morgan fingerprint density at radius 2 is 2.00 bits per heavy atom. The Kier molecular flexibility index (Phi) is 6.94. The molecule has 6 heteroatoms. The van der Waals surface area contributed by atoms with Crippen LogP contribution < -0.4 is 14.8 Å². The molecular weight excluding hydrogens is 270 g/mol. The number of hydrogen-bond donors (Lipinski definition) is 2. The normalized spacial score (nSPS) is 12.3. The molecule has 1 aromatic rings. The Balaban J connectivity index is 2.77. The van der Waals surface area contributed by atoms with Crippen molar-refractivity contribution in [2.75, 3.05) is 41.0 Å². The third-order valence-corrected chi connectivity index (χ3v) is 3.08. The fourth-order valence-electron chi connectivity index (χ4n) is 1.68. The van der Waals surface area contributed by atoms with Crippen molar-refractivity contribution < 1.29 is 19.3 Å². The number of nitrogens with one attached hydrogen (secondary N) is 1. The Hall–Kier alpha value is -1.01. The van der Waals surface area contributed by atoms with E-state index in [1.807, 2.05) is 0 Å². The van der Waals surface area contributed by atoms with Gasteiger partial charge in [-0.25, -0.2) is 0 Å². The zero-order valence-corrected chi connectivity index (χ0v) is 12.2. The average Bonchev–Trinajstić information content (AvgIpc) is 2.42. The fourth-order valence-corrected chi connectivity index (χ4v) is 2.04. The average molecular weight is 290 g/mol. The number of methoxy groups -OCH3 is 3. The summed E-state index contributed by atoms with van der Waals surface area (Å²) in [5, 5.41) is 13.5. The number of halogens is 1. The van der Waals surface area contributed by atoms with Crippen LogP contribution in [0.25, 0.3) is 0 Å². The highest BCUT2D eigenvalue weighted by atomic mass is 35.5. The quantitative estimate of drug-likeness (QED) is 0.712. The predicted octanol–water partition coefficient (Wildman–Crippen LogP) is 1.63. The molecule has 0 bridgehead atoms. The summed E-state index contributed by atoms with van der Waals surface area (Å²) in [5.41, 5.74) is 0.601. The van der Waals surface area contributed by atoms with Crippen molar-refractivity contribution in [2.24, 2.45) is 0 Å². The molecule has 0 radical (unpaired) electrons. The number of aliphatic hydroxyl groups is 1. The van der Waals surface area contributed by atoms with E-state index in [9.17, 15) is 5.11 Å². The largest absolute Gasteiger partial charge is 0.493 e. The zero-order chi connectivity index (χ0) is 14.3. The minimum absolute atomic E-state index is 0.364. The highest BCUT2D eigenvalue weighted by Gasteiger charge is 2.18. The Morgan fingerprint density at radius 1 is 1.26 bits per heavy atom. The Labute approximate surface area is 118 Å². The maximum absolute atomic E-state index is 10.1. The van der Waals surface area contributed by atoms with Gasteiger partial charge in [-0.1, -0.05) is 17.7 Å². The van der Waals surface area contributed by atoms with Crippen LogP contribution >= 0.6 is 11.6 Å². The zero-order valence-electron chi connectivity index (χ0n) is 11.4. The first-order valence-electron chi connectivity index (χ1n) is 5.93. The lowest BCUT2D eigenvalue weighted by Gasteiger charge is -2.17. The summed E-state index contributed by atoms with van der Waals surface area (Å²) in [6.45, 7) is 1.64. The molecule has 19 heavy (non-hydrogen) atoms. The Morgan fingerprint density at radius 3 is 2.58 bits per heavy atom. The summed E-state index contributed by atoms with van der Waals surface area (Å²) >= 11 is 6.21. The first-order valence-corrected chi connectivity index (χ1v) is 6.31. The summed E-state index contributed by atoms with van der Waals surface area (Å²) in [4.78, 5) is 0. The lowest BCUT2D eigenvalue weighted by molar-refractivity contribution is 0.161. The predicted molar refractivity (Wildman–Crippen MR) is 74.3 cm³/mol. The summed E-state index contributed by atoms with van der Waals surface area (Å²) in [5.74, 6) is 0.966. The van der Waals surface area contributed by atoms with Crippen LogP contribution in [0.2, 0.25) is 5.02 Å². The number of ether oxygens (including phenoxy) is 3. The molecule has 0 saturated carbocycles. The monoisotopic (exact) mass is 289 g/mol. The summed E-state index contributed by atoms with van der Waals surface area (Å²) in [6, 6.07) is 3.45. The van der Waals surface area contributed by atoms with Gasteiger partial charge in [0.1, 0.15) is 0 Å². The van der Waals surface area contributed by atoms with Gasteiger partial charge in [-0.05, 0) is 6.07 Å². The molecule has 0 fully saturated rings. The van der Waals surface area contributed by atoms with Crippen LogP contribution in [0, 0.1) is 0 Å². The van der Waals surface area contributed by atoms with Crippen LogP contribution in [0.1, 0.15) is 11.7 Å². The molecule has 0 saturated heterocycles. The van der Waals surface area contributed by atoms with E-state index in [1.54, 1.807) is 19.2 Å². The maximum Gasteiger partial charge on any atom is 0.179 e. The van der Waals surface area contributed by atoms with Crippen LogP contribution in [0.5, 0.6) is 11.5 Å². The third kappa shape index (κ3) is 4.24. The Bertz CT molecular complexity index is 400. The fraction of sp³-hybridized carbons (Fsp3) is 0.538. The molecule has 0 aliphatic carbocycles. The second-order valence-electron chi connectivity index (χ2n) is 3.92. The van der Waals surface area contributed by atoms with Crippen molar-refractivity contribution in [1.82, 2.24) is 5.32 Å². The summed E-state index contributed by atoms with van der Waals surface area (Å²) < 4.78 is 15.2. The van der Waals surface area contributed by atoms with Gasteiger partial charge in [0.05, 0.1) is 32.0 Å². The van der Waals surface area contributed by atoms with Gasteiger partial charge in [-0.15, -0.1) is 0 Å². The molecule has 0 aromatic heterocycles. The third-order valence-electron chi connectivity index (χ3n) is 2.69. The van der Waals surface area contributed by atoms with E-state index in [0.29, 0.717) is 41.8 Å². The molecule has 5 nitrogen and oxygen atoms in total. The SMILES string of the molecule is COCCNCC(O)c1ccc(OC)c(OC)c1Cl. The lowest BCUT2D eigenvalue weighted by Crippen LogP contribution is -2.25. The number of benzene rings is 1. The molecule has 108 valence electrons. The van der Waals surface area contributed by atoms with E-state index in [4.69, 9.17) is 25.8 Å². The first-order chi connectivity index (χ1) is 9.15. The van der Waals surface area contributed by atoms with Gasteiger partial charge in [0, 0.05) is 25.8 Å². The van der Waals surface area contributed by atoms with Gasteiger partial charge < -0.3 is 24.6 Å². The molecule has 1 atom stereocenters. The molecule has 1 unspecified atom stereocenters. The highest BCUT2D eigenvalue weighted by molar-refractivity contribution is 6.33. The second kappa shape index (κ2) is 8.22. The molecule has 1 rings (SSSR count). The van der Waals surface area contributed by atoms with E-state index in [-0.39, 0.29) is 0 Å². The molecule has 2 N–H and O–H groups in total. The van der Waals surface area contributed by atoms with Crippen molar-refractivity contribution in [2.45, 2.75) is 6.10 Å². The van der Waals surface area contributed by atoms with Gasteiger partial charge >= 0.3 is 0 Å². The van der Waals surface area contributed by atoms with E-state index >= 15 is 0 Å². The molecule has 0 aliphatic heterocycles. The summed E-state index contributed by atoms with van der Waals surface area (Å²) in [6.07, 6.45) is -0.718. The van der Waals surface area contributed by atoms with Crippen molar-refractivity contribution in [3.05, 3.63) is 22.7 Å². The number of hydrogen-bond acceptors (Lipinski definition) is 5.